The number of benzene rings is 4. The quantitative estimate of drug-likeness (QED) is 0.268. The third-order valence-corrected chi connectivity index (χ3v) is 10.5. The molecule has 0 saturated carbocycles. The van der Waals surface area contributed by atoms with Crippen LogP contribution in [0.3, 0.4) is 0 Å². The molecule has 0 fully saturated rings. The van der Waals surface area contributed by atoms with E-state index >= 15 is 0 Å². The van der Waals surface area contributed by atoms with Crippen LogP contribution >= 0.6 is 7.26 Å². The number of carbonyl (C=O) groups excluding carboxylic acids is 2. The van der Waals surface area contributed by atoms with E-state index in [1.165, 1.54) is 22.8 Å². The van der Waals surface area contributed by atoms with E-state index in [2.05, 4.69) is 78.1 Å². The highest BCUT2D eigenvalue weighted by Crippen LogP contribution is 2.60. The summed E-state index contributed by atoms with van der Waals surface area (Å²) >= 11 is 0. The van der Waals surface area contributed by atoms with Gasteiger partial charge in [-0.15, -0.1) is 0 Å². The number of nitrogens with one attached hydrogen (secondary N) is 1. The number of ether oxygens (including phenoxy) is 2. The van der Waals surface area contributed by atoms with Crippen molar-refractivity contribution in [1.82, 2.24) is 0 Å². The van der Waals surface area contributed by atoms with Gasteiger partial charge < -0.3 is 14.8 Å². The molecule has 6 heteroatoms. The van der Waals surface area contributed by atoms with E-state index in [4.69, 9.17) is 9.47 Å². The number of carbonyl (C=O) groups is 2. The van der Waals surface area contributed by atoms with E-state index in [1.807, 2.05) is 24.3 Å². The van der Waals surface area contributed by atoms with E-state index in [1.54, 1.807) is 20.3 Å². The van der Waals surface area contributed by atoms with Gasteiger partial charge >= 0.3 is 0 Å². The van der Waals surface area contributed by atoms with Crippen molar-refractivity contribution in [3.05, 3.63) is 109 Å². The lowest BCUT2D eigenvalue weighted by Gasteiger charge is -2.29. The maximum atomic E-state index is 12.6. The standard InChI is InChI=1S/C30H28NO4P/c1-22(32)30(33)31-29-26(27(34-2)19-20-28(29)35-3)21-36(23-13-7-4-8-14-23,24-15-9-5-10-16-24)25-17-11-6-12-18-25/h4-20H,21H2,1-3H3/p+1. The SMILES string of the molecule is COc1ccc(OC)c(NC(=O)C(C)=O)c1C[P+](c1ccccc1)(c1ccccc1)c1ccccc1. The summed E-state index contributed by atoms with van der Waals surface area (Å²) in [6, 6.07) is 34.9. The number of methoxy groups -OCH3 is 2. The molecule has 0 unspecified atom stereocenters. The van der Waals surface area contributed by atoms with Gasteiger partial charge in [0.05, 0.1) is 25.5 Å². The van der Waals surface area contributed by atoms with Crippen molar-refractivity contribution >= 4 is 40.6 Å². The summed E-state index contributed by atoms with van der Waals surface area (Å²) in [6.45, 7) is 1.25. The van der Waals surface area contributed by atoms with Crippen molar-refractivity contribution in [3.8, 4) is 11.5 Å². The van der Waals surface area contributed by atoms with Crippen molar-refractivity contribution in [2.24, 2.45) is 0 Å². The van der Waals surface area contributed by atoms with E-state index < -0.39 is 19.0 Å². The Bertz CT molecular complexity index is 1250. The molecule has 0 aliphatic heterocycles. The van der Waals surface area contributed by atoms with Crippen LogP contribution in [0.15, 0.2) is 103 Å². The zero-order chi connectivity index (χ0) is 25.5. The van der Waals surface area contributed by atoms with E-state index in [9.17, 15) is 9.59 Å². The minimum Gasteiger partial charge on any atom is -0.496 e. The van der Waals surface area contributed by atoms with Gasteiger partial charge in [-0.2, -0.15) is 0 Å². The molecule has 182 valence electrons. The highest BCUT2D eigenvalue weighted by atomic mass is 31.2. The van der Waals surface area contributed by atoms with Gasteiger partial charge in [-0.05, 0) is 48.5 Å². The van der Waals surface area contributed by atoms with Gasteiger partial charge in [0, 0.05) is 6.92 Å². The Morgan fingerprint density at radius 2 is 1.08 bits per heavy atom. The van der Waals surface area contributed by atoms with Crippen LogP contribution < -0.4 is 30.7 Å². The summed E-state index contributed by atoms with van der Waals surface area (Å²) in [7, 11) is 0.840. The second-order valence-corrected chi connectivity index (χ2v) is 11.8. The van der Waals surface area contributed by atoms with Gasteiger partial charge in [-0.25, -0.2) is 0 Å². The number of rotatable bonds is 9. The third kappa shape index (κ3) is 4.89. The number of anilines is 1. The molecule has 4 aromatic rings. The van der Waals surface area contributed by atoms with Crippen LogP contribution in [-0.4, -0.2) is 25.9 Å². The average Bonchev–Trinajstić information content (AvgIpc) is 2.93. The molecule has 1 N–H and O–H groups in total. The summed E-state index contributed by atoms with van der Waals surface area (Å²) in [5, 5.41) is 6.38. The van der Waals surface area contributed by atoms with Crippen LogP contribution in [0.2, 0.25) is 0 Å². The molecule has 36 heavy (non-hydrogen) atoms. The Kier molecular flexibility index (Phi) is 7.82. The number of hydrogen-bond donors (Lipinski definition) is 1. The number of hydrogen-bond acceptors (Lipinski definition) is 4. The van der Waals surface area contributed by atoms with Gasteiger partial charge in [0.15, 0.2) is 0 Å². The first-order valence-corrected chi connectivity index (χ1v) is 13.6. The number of ketones is 1. The second-order valence-electron chi connectivity index (χ2n) is 8.31. The van der Waals surface area contributed by atoms with Crippen molar-refractivity contribution < 1.29 is 19.1 Å². The predicted molar refractivity (Wildman–Crippen MR) is 148 cm³/mol. The molecule has 0 aliphatic carbocycles. The third-order valence-electron chi connectivity index (χ3n) is 6.22. The second kappa shape index (κ2) is 11.2. The monoisotopic (exact) mass is 498 g/mol. The normalized spacial score (nSPS) is 11.0. The topological polar surface area (TPSA) is 64.6 Å². The minimum absolute atomic E-state index is 0.448. The Labute approximate surface area is 212 Å². The lowest BCUT2D eigenvalue weighted by atomic mass is 10.1. The summed E-state index contributed by atoms with van der Waals surface area (Å²) in [5.74, 6) is -0.207. The molecule has 0 spiro atoms. The summed E-state index contributed by atoms with van der Waals surface area (Å²) in [4.78, 5) is 24.4. The zero-order valence-corrected chi connectivity index (χ0v) is 21.5. The van der Waals surface area contributed by atoms with Gasteiger partial charge in [0.2, 0.25) is 5.78 Å². The smallest absolute Gasteiger partial charge is 0.291 e. The largest absolute Gasteiger partial charge is 0.496 e. The molecule has 4 aromatic carbocycles. The van der Waals surface area contributed by atoms with Gasteiger partial charge in [-0.3, -0.25) is 9.59 Å². The summed E-state index contributed by atoms with van der Waals surface area (Å²) in [5.41, 5.74) is 1.22. The van der Waals surface area contributed by atoms with Crippen LogP contribution in [0.25, 0.3) is 0 Å². The molecule has 0 aromatic heterocycles. The molecule has 0 saturated heterocycles. The number of Topliss-reactive ketones (excluding diaryl/α,β-unsaturated/α-hetero) is 1. The predicted octanol–water partition coefficient (Wildman–Crippen LogP) is 4.73. The van der Waals surface area contributed by atoms with E-state index in [0.29, 0.717) is 23.3 Å². The zero-order valence-electron chi connectivity index (χ0n) is 20.6. The molecule has 4 rings (SSSR count). The fourth-order valence-corrected chi connectivity index (χ4v) is 8.74. The Morgan fingerprint density at radius 3 is 1.47 bits per heavy atom. The van der Waals surface area contributed by atoms with Crippen molar-refractivity contribution in [2.45, 2.75) is 13.1 Å². The van der Waals surface area contributed by atoms with E-state index in [-0.39, 0.29) is 0 Å². The van der Waals surface area contributed by atoms with Crippen molar-refractivity contribution in [3.63, 3.8) is 0 Å². The number of amides is 1. The highest BCUT2D eigenvalue weighted by molar-refractivity contribution is 7.95. The Balaban J connectivity index is 2.06. The van der Waals surface area contributed by atoms with Crippen LogP contribution in [0.1, 0.15) is 12.5 Å². The molecule has 0 bridgehead atoms. The lowest BCUT2D eigenvalue weighted by molar-refractivity contribution is -0.133. The Hall–Kier alpha value is -3.95. The molecule has 0 aliphatic rings. The molecular weight excluding hydrogens is 469 g/mol. The lowest BCUT2D eigenvalue weighted by Crippen LogP contribution is -2.33. The van der Waals surface area contributed by atoms with Crippen LogP contribution in [0, 0.1) is 0 Å². The van der Waals surface area contributed by atoms with Crippen LogP contribution in [0.5, 0.6) is 11.5 Å². The van der Waals surface area contributed by atoms with Crippen LogP contribution in [-0.2, 0) is 15.8 Å². The fourth-order valence-electron chi connectivity index (χ4n) is 4.47. The molecule has 1 amide bonds. The first-order chi connectivity index (χ1) is 17.5. The van der Waals surface area contributed by atoms with Gasteiger partial charge in [0.25, 0.3) is 5.91 Å². The first kappa shape index (κ1) is 25.2. The average molecular weight is 499 g/mol. The maximum Gasteiger partial charge on any atom is 0.291 e. The van der Waals surface area contributed by atoms with Gasteiger partial charge in [-0.1, -0.05) is 54.6 Å². The van der Waals surface area contributed by atoms with Gasteiger partial charge in [0.1, 0.15) is 40.8 Å². The molecular formula is C30H29NO4P+. The van der Waals surface area contributed by atoms with E-state index in [0.717, 1.165) is 5.56 Å². The minimum atomic E-state index is -2.31. The maximum absolute atomic E-state index is 12.6. The molecule has 0 heterocycles. The van der Waals surface area contributed by atoms with Crippen molar-refractivity contribution in [2.75, 3.05) is 19.5 Å². The highest BCUT2D eigenvalue weighted by Gasteiger charge is 2.47. The molecule has 0 atom stereocenters. The first-order valence-electron chi connectivity index (χ1n) is 11.6. The summed E-state index contributed by atoms with van der Waals surface area (Å²) < 4.78 is 11.4. The summed E-state index contributed by atoms with van der Waals surface area (Å²) in [6.07, 6.45) is 0.541. The van der Waals surface area contributed by atoms with Crippen LogP contribution in [0.4, 0.5) is 5.69 Å². The molecule has 5 nitrogen and oxygen atoms in total. The Morgan fingerprint density at radius 1 is 0.667 bits per heavy atom. The van der Waals surface area contributed by atoms with Crippen molar-refractivity contribution in [1.29, 1.82) is 0 Å². The fraction of sp³-hybridized carbons (Fsp3) is 0.133. The molecule has 0 radical (unpaired) electrons.